The Hall–Kier alpha value is -2.67. The van der Waals surface area contributed by atoms with E-state index in [4.69, 9.17) is 5.11 Å². The minimum absolute atomic E-state index is 0.377. The molecule has 0 radical (unpaired) electrons. The van der Waals surface area contributed by atoms with Crippen LogP contribution in [0.2, 0.25) is 0 Å². The van der Waals surface area contributed by atoms with E-state index in [-0.39, 0.29) is 6.03 Å². The molecular formula is C14H13N3O3S. The van der Waals surface area contributed by atoms with Crippen molar-refractivity contribution in [3.05, 3.63) is 47.0 Å². The van der Waals surface area contributed by atoms with Crippen molar-refractivity contribution in [2.24, 2.45) is 0 Å². The molecule has 0 fully saturated rings. The van der Waals surface area contributed by atoms with Gasteiger partial charge < -0.3 is 10.4 Å². The van der Waals surface area contributed by atoms with E-state index in [1.807, 2.05) is 12.3 Å². The molecule has 108 valence electrons. The summed E-state index contributed by atoms with van der Waals surface area (Å²) in [5.41, 5.74) is 2.19. The molecule has 0 unspecified atom stereocenters. The lowest BCUT2D eigenvalue weighted by Crippen LogP contribution is -2.19. The number of rotatable bonds is 4. The summed E-state index contributed by atoms with van der Waals surface area (Å²) in [6.07, 6.45) is 2.53. The number of hydrogen-bond donors (Lipinski definition) is 3. The minimum atomic E-state index is -1.00. The van der Waals surface area contributed by atoms with Crippen molar-refractivity contribution in [3.8, 4) is 0 Å². The molecule has 0 bridgehead atoms. The number of aliphatic carboxylic acids is 1. The minimum Gasteiger partial charge on any atom is -0.478 e. The molecule has 0 atom stereocenters. The first kappa shape index (κ1) is 14.7. The van der Waals surface area contributed by atoms with Crippen LogP contribution in [0.4, 0.5) is 15.6 Å². The predicted molar refractivity (Wildman–Crippen MR) is 82.6 cm³/mol. The molecule has 0 aliphatic rings. The number of nitrogens with zero attached hydrogens (tertiary/aromatic N) is 1. The summed E-state index contributed by atoms with van der Waals surface area (Å²) >= 11 is 1.35. The Morgan fingerprint density at radius 2 is 1.95 bits per heavy atom. The van der Waals surface area contributed by atoms with Crippen LogP contribution in [0, 0.1) is 6.92 Å². The number of hydrogen-bond acceptors (Lipinski definition) is 4. The molecule has 0 aliphatic carbocycles. The van der Waals surface area contributed by atoms with Crippen molar-refractivity contribution in [2.75, 3.05) is 10.6 Å². The van der Waals surface area contributed by atoms with Gasteiger partial charge in [0.25, 0.3) is 0 Å². The number of carboxylic acid groups (broad SMARTS) is 1. The Kier molecular flexibility index (Phi) is 4.68. The summed E-state index contributed by atoms with van der Waals surface area (Å²) in [6, 6.07) is 6.42. The molecule has 2 aromatic rings. The maximum Gasteiger partial charge on any atom is 0.328 e. The molecule has 0 spiro atoms. The van der Waals surface area contributed by atoms with Crippen LogP contribution in [0.15, 0.2) is 35.7 Å². The fraction of sp³-hybridized carbons (Fsp3) is 0.0714. The van der Waals surface area contributed by atoms with E-state index in [1.54, 1.807) is 24.3 Å². The van der Waals surface area contributed by atoms with Crippen molar-refractivity contribution in [1.29, 1.82) is 0 Å². The largest absolute Gasteiger partial charge is 0.478 e. The zero-order chi connectivity index (χ0) is 15.2. The first-order chi connectivity index (χ1) is 10.0. The third-order valence-electron chi connectivity index (χ3n) is 2.43. The number of urea groups is 1. The average molecular weight is 303 g/mol. The van der Waals surface area contributed by atoms with E-state index >= 15 is 0 Å². The van der Waals surface area contributed by atoms with Gasteiger partial charge in [0.1, 0.15) is 0 Å². The van der Waals surface area contributed by atoms with Gasteiger partial charge in [-0.25, -0.2) is 14.6 Å². The van der Waals surface area contributed by atoms with Crippen molar-refractivity contribution in [2.45, 2.75) is 6.92 Å². The first-order valence-electron chi connectivity index (χ1n) is 6.04. The number of nitrogens with one attached hydrogen (secondary N) is 2. The van der Waals surface area contributed by atoms with Crippen LogP contribution in [0.25, 0.3) is 6.08 Å². The zero-order valence-electron chi connectivity index (χ0n) is 11.2. The predicted octanol–water partition coefficient (Wildman–Crippen LogP) is 3.19. The number of benzene rings is 1. The molecule has 1 aromatic heterocycles. The van der Waals surface area contributed by atoms with Crippen molar-refractivity contribution in [1.82, 2.24) is 4.98 Å². The van der Waals surface area contributed by atoms with Crippen LogP contribution in [0.3, 0.4) is 0 Å². The maximum absolute atomic E-state index is 11.7. The van der Waals surface area contributed by atoms with Gasteiger partial charge in [0, 0.05) is 17.1 Å². The van der Waals surface area contributed by atoms with E-state index in [1.165, 1.54) is 17.4 Å². The van der Waals surface area contributed by atoms with E-state index < -0.39 is 5.97 Å². The zero-order valence-corrected chi connectivity index (χ0v) is 12.0. The summed E-state index contributed by atoms with van der Waals surface area (Å²) in [6.45, 7) is 1.85. The Bertz CT molecular complexity index is 677. The molecule has 2 amide bonds. The van der Waals surface area contributed by atoms with Gasteiger partial charge in [-0.05, 0) is 30.7 Å². The maximum atomic E-state index is 11.7. The van der Waals surface area contributed by atoms with Gasteiger partial charge in [0.2, 0.25) is 0 Å². The van der Waals surface area contributed by atoms with Crippen molar-refractivity contribution in [3.63, 3.8) is 0 Å². The monoisotopic (exact) mass is 303 g/mol. The second kappa shape index (κ2) is 6.67. The number of carbonyl (C=O) groups excluding carboxylic acids is 1. The Balaban J connectivity index is 1.93. The van der Waals surface area contributed by atoms with Crippen LogP contribution >= 0.6 is 11.3 Å². The van der Waals surface area contributed by atoms with E-state index in [9.17, 15) is 9.59 Å². The molecule has 1 heterocycles. The van der Waals surface area contributed by atoms with Gasteiger partial charge in [-0.3, -0.25) is 5.32 Å². The van der Waals surface area contributed by atoms with Crippen molar-refractivity contribution < 1.29 is 14.7 Å². The SMILES string of the molecule is Cc1csc(NC(=O)Nc2ccc(C=CC(=O)O)cc2)n1. The smallest absolute Gasteiger partial charge is 0.328 e. The lowest BCUT2D eigenvalue weighted by molar-refractivity contribution is -0.131. The number of carbonyl (C=O) groups is 2. The van der Waals surface area contributed by atoms with Gasteiger partial charge in [0.05, 0.1) is 5.69 Å². The van der Waals surface area contributed by atoms with Gasteiger partial charge in [-0.2, -0.15) is 0 Å². The molecule has 1 aromatic carbocycles. The van der Waals surface area contributed by atoms with E-state index in [2.05, 4.69) is 15.6 Å². The average Bonchev–Trinajstić information content (AvgIpc) is 2.83. The lowest BCUT2D eigenvalue weighted by Gasteiger charge is -2.05. The second-order valence-electron chi connectivity index (χ2n) is 4.17. The van der Waals surface area contributed by atoms with E-state index in [0.29, 0.717) is 10.8 Å². The molecule has 0 saturated carbocycles. The molecular weight excluding hydrogens is 290 g/mol. The van der Waals surface area contributed by atoms with Crippen LogP contribution in [-0.2, 0) is 4.79 Å². The number of aryl methyl sites for hydroxylation is 1. The number of amides is 2. The Morgan fingerprint density at radius 1 is 1.24 bits per heavy atom. The van der Waals surface area contributed by atoms with Gasteiger partial charge >= 0.3 is 12.0 Å². The van der Waals surface area contributed by atoms with Crippen LogP contribution in [-0.4, -0.2) is 22.1 Å². The highest BCUT2D eigenvalue weighted by Crippen LogP contribution is 2.15. The molecule has 2 rings (SSSR count). The summed E-state index contributed by atoms with van der Waals surface area (Å²) < 4.78 is 0. The second-order valence-corrected chi connectivity index (χ2v) is 5.02. The van der Waals surface area contributed by atoms with Crippen molar-refractivity contribution >= 4 is 40.2 Å². The summed E-state index contributed by atoms with van der Waals surface area (Å²) in [7, 11) is 0. The summed E-state index contributed by atoms with van der Waals surface area (Å²) in [5, 5.41) is 16.2. The number of thiazole rings is 1. The van der Waals surface area contributed by atoms with Crippen LogP contribution < -0.4 is 10.6 Å². The van der Waals surface area contributed by atoms with Gasteiger partial charge in [-0.1, -0.05) is 12.1 Å². The van der Waals surface area contributed by atoms with Gasteiger partial charge in [0.15, 0.2) is 5.13 Å². The van der Waals surface area contributed by atoms with Crippen LogP contribution in [0.5, 0.6) is 0 Å². The molecule has 3 N–H and O–H groups in total. The molecule has 0 saturated heterocycles. The molecule has 7 heteroatoms. The summed E-state index contributed by atoms with van der Waals surface area (Å²) in [5.74, 6) is -1.00. The van der Waals surface area contributed by atoms with Crippen LogP contribution in [0.1, 0.15) is 11.3 Å². The third kappa shape index (κ3) is 4.73. The Morgan fingerprint density at radius 3 is 2.52 bits per heavy atom. The quantitative estimate of drug-likeness (QED) is 0.756. The van der Waals surface area contributed by atoms with E-state index in [0.717, 1.165) is 17.3 Å². The standard InChI is InChI=1S/C14H13N3O3S/c1-9-8-21-14(15-9)17-13(20)16-11-5-2-10(3-6-11)4-7-12(18)19/h2-8H,1H3,(H,18,19)(H2,15,16,17,20). The fourth-order valence-electron chi connectivity index (χ4n) is 1.52. The highest BCUT2D eigenvalue weighted by Gasteiger charge is 2.05. The number of anilines is 2. The topological polar surface area (TPSA) is 91.3 Å². The van der Waals surface area contributed by atoms with Gasteiger partial charge in [-0.15, -0.1) is 11.3 Å². The number of aromatic nitrogens is 1. The Labute approximate surface area is 125 Å². The fourth-order valence-corrected chi connectivity index (χ4v) is 2.20. The first-order valence-corrected chi connectivity index (χ1v) is 6.92. The summed E-state index contributed by atoms with van der Waals surface area (Å²) in [4.78, 5) is 26.3. The molecule has 21 heavy (non-hydrogen) atoms. The normalized spacial score (nSPS) is 10.5. The number of carboxylic acids is 1. The highest BCUT2D eigenvalue weighted by atomic mass is 32.1. The molecule has 0 aliphatic heterocycles. The highest BCUT2D eigenvalue weighted by molar-refractivity contribution is 7.13. The third-order valence-corrected chi connectivity index (χ3v) is 3.30. The molecule has 6 nitrogen and oxygen atoms in total. The lowest BCUT2D eigenvalue weighted by atomic mass is 10.2.